The molecule has 1 aromatic rings. The largest absolute Gasteiger partial charge is 0.376 e. The van der Waals surface area contributed by atoms with Crippen LogP contribution in [0.1, 0.15) is 57.0 Å². The van der Waals surface area contributed by atoms with Gasteiger partial charge in [-0.3, -0.25) is 0 Å². The Kier molecular flexibility index (Phi) is 4.86. The van der Waals surface area contributed by atoms with Crippen molar-refractivity contribution in [1.82, 2.24) is 10.1 Å². The predicted molar refractivity (Wildman–Crippen MR) is 76.0 cm³/mol. The van der Waals surface area contributed by atoms with Crippen LogP contribution in [0.5, 0.6) is 0 Å². The maximum Gasteiger partial charge on any atom is 0.239 e. The maximum atomic E-state index is 6.21. The molecule has 1 aliphatic heterocycles. The minimum atomic E-state index is -0.703. The highest BCUT2D eigenvalue weighted by Gasteiger charge is 2.30. The minimum Gasteiger partial charge on any atom is -0.376 e. The van der Waals surface area contributed by atoms with Gasteiger partial charge >= 0.3 is 0 Å². The Morgan fingerprint density at radius 2 is 2.32 bits per heavy atom. The van der Waals surface area contributed by atoms with Gasteiger partial charge in [-0.2, -0.15) is 4.98 Å². The molecular weight excluding hydrogens is 262 g/mol. The lowest BCUT2D eigenvalue weighted by atomic mass is 10.1. The standard InChI is InChI=1S/C13H23N3O2S/c1-9(2)17-8-13(3,14)12-15-11(18-16-12)10-6-4-5-7-19-10/h9-10H,4-8,14H2,1-3H3. The highest BCUT2D eigenvalue weighted by molar-refractivity contribution is 7.99. The smallest absolute Gasteiger partial charge is 0.239 e. The molecular formula is C13H23N3O2S. The molecule has 0 aliphatic carbocycles. The van der Waals surface area contributed by atoms with Crippen LogP contribution in [0.25, 0.3) is 0 Å². The maximum absolute atomic E-state index is 6.21. The lowest BCUT2D eigenvalue weighted by molar-refractivity contribution is 0.0410. The van der Waals surface area contributed by atoms with E-state index in [9.17, 15) is 0 Å². The zero-order valence-corrected chi connectivity index (χ0v) is 12.7. The van der Waals surface area contributed by atoms with Gasteiger partial charge in [-0.15, -0.1) is 11.8 Å². The summed E-state index contributed by atoms with van der Waals surface area (Å²) < 4.78 is 10.9. The van der Waals surface area contributed by atoms with E-state index in [1.807, 2.05) is 32.5 Å². The fourth-order valence-corrected chi connectivity index (χ4v) is 3.16. The van der Waals surface area contributed by atoms with Crippen molar-refractivity contribution in [2.45, 2.75) is 56.9 Å². The second-order valence-electron chi connectivity index (χ2n) is 5.59. The van der Waals surface area contributed by atoms with Gasteiger partial charge in [-0.1, -0.05) is 11.6 Å². The van der Waals surface area contributed by atoms with Crippen molar-refractivity contribution in [3.63, 3.8) is 0 Å². The van der Waals surface area contributed by atoms with Crippen LogP contribution >= 0.6 is 11.8 Å². The Bertz CT molecular complexity index is 400. The average Bonchev–Trinajstić information content (AvgIpc) is 2.88. The van der Waals surface area contributed by atoms with Gasteiger partial charge in [0, 0.05) is 0 Å². The van der Waals surface area contributed by atoms with E-state index in [1.54, 1.807) is 0 Å². The summed E-state index contributed by atoms with van der Waals surface area (Å²) in [4.78, 5) is 4.48. The second kappa shape index (κ2) is 6.24. The van der Waals surface area contributed by atoms with Crippen molar-refractivity contribution in [1.29, 1.82) is 0 Å². The van der Waals surface area contributed by atoms with Crippen LogP contribution in [0.3, 0.4) is 0 Å². The van der Waals surface area contributed by atoms with Gasteiger partial charge in [0.05, 0.1) is 18.0 Å². The molecule has 2 rings (SSSR count). The van der Waals surface area contributed by atoms with Gasteiger partial charge in [0.25, 0.3) is 0 Å². The molecule has 1 aromatic heterocycles. The summed E-state index contributed by atoms with van der Waals surface area (Å²) in [5.41, 5.74) is 5.51. The Hall–Kier alpha value is -0.590. The van der Waals surface area contributed by atoms with Gasteiger partial charge in [-0.05, 0) is 39.4 Å². The third kappa shape index (κ3) is 3.94. The van der Waals surface area contributed by atoms with Gasteiger partial charge < -0.3 is 15.0 Å². The number of nitrogens with two attached hydrogens (primary N) is 1. The normalized spacial score (nSPS) is 23.5. The summed E-state index contributed by atoms with van der Waals surface area (Å²) in [6, 6.07) is 0. The van der Waals surface area contributed by atoms with Crippen molar-refractivity contribution in [2.24, 2.45) is 5.73 Å². The van der Waals surface area contributed by atoms with Crippen LogP contribution in [-0.2, 0) is 10.3 Å². The quantitative estimate of drug-likeness (QED) is 0.896. The Morgan fingerprint density at radius 3 is 2.95 bits per heavy atom. The molecule has 5 nitrogen and oxygen atoms in total. The molecule has 0 bridgehead atoms. The zero-order valence-electron chi connectivity index (χ0n) is 11.9. The Labute approximate surface area is 118 Å². The van der Waals surface area contributed by atoms with Gasteiger partial charge in [0.15, 0.2) is 5.82 Å². The third-order valence-electron chi connectivity index (χ3n) is 3.12. The minimum absolute atomic E-state index is 0.142. The number of nitrogens with zero attached hydrogens (tertiary/aromatic N) is 2. The van der Waals surface area contributed by atoms with Crippen molar-refractivity contribution in [3.8, 4) is 0 Å². The molecule has 0 aromatic carbocycles. The lowest BCUT2D eigenvalue weighted by Gasteiger charge is -2.22. The molecule has 19 heavy (non-hydrogen) atoms. The van der Waals surface area contributed by atoms with Crippen molar-refractivity contribution in [2.75, 3.05) is 12.4 Å². The number of ether oxygens (including phenoxy) is 1. The van der Waals surface area contributed by atoms with Crippen LogP contribution in [0.2, 0.25) is 0 Å². The highest BCUT2D eigenvalue weighted by atomic mass is 32.2. The summed E-state index contributed by atoms with van der Waals surface area (Å²) in [6.45, 7) is 6.23. The van der Waals surface area contributed by atoms with Crippen molar-refractivity contribution in [3.05, 3.63) is 11.7 Å². The van der Waals surface area contributed by atoms with Crippen LogP contribution in [0.4, 0.5) is 0 Å². The molecule has 1 fully saturated rings. The molecule has 0 saturated carbocycles. The van der Waals surface area contributed by atoms with Crippen molar-refractivity contribution >= 4 is 11.8 Å². The molecule has 2 heterocycles. The zero-order chi connectivity index (χ0) is 13.9. The Morgan fingerprint density at radius 1 is 1.53 bits per heavy atom. The van der Waals surface area contributed by atoms with E-state index >= 15 is 0 Å². The first-order chi connectivity index (χ1) is 8.99. The fraction of sp³-hybridized carbons (Fsp3) is 0.846. The van der Waals surface area contributed by atoms with E-state index in [-0.39, 0.29) is 6.10 Å². The third-order valence-corrected chi connectivity index (χ3v) is 4.49. The molecule has 0 spiro atoms. The van der Waals surface area contributed by atoms with Crippen LogP contribution in [0, 0.1) is 0 Å². The van der Waals surface area contributed by atoms with Crippen LogP contribution in [0.15, 0.2) is 4.52 Å². The number of hydrogen-bond donors (Lipinski definition) is 1. The summed E-state index contributed by atoms with van der Waals surface area (Å²) in [5, 5.41) is 4.37. The van der Waals surface area contributed by atoms with E-state index in [0.717, 1.165) is 6.42 Å². The SMILES string of the molecule is CC(C)OCC(C)(N)c1noc(C2CCCCS2)n1. The second-order valence-corrected chi connectivity index (χ2v) is 6.90. The van der Waals surface area contributed by atoms with E-state index in [4.69, 9.17) is 15.0 Å². The number of thioether (sulfide) groups is 1. The summed E-state index contributed by atoms with van der Waals surface area (Å²) >= 11 is 1.89. The number of aromatic nitrogens is 2. The van der Waals surface area contributed by atoms with E-state index in [2.05, 4.69) is 10.1 Å². The van der Waals surface area contributed by atoms with Gasteiger partial charge in [0.2, 0.25) is 5.89 Å². The van der Waals surface area contributed by atoms with Crippen LogP contribution in [-0.4, -0.2) is 28.6 Å². The van der Waals surface area contributed by atoms with Crippen LogP contribution < -0.4 is 5.73 Å². The molecule has 2 atom stereocenters. The molecule has 1 saturated heterocycles. The number of hydrogen-bond acceptors (Lipinski definition) is 6. The molecule has 0 radical (unpaired) electrons. The molecule has 6 heteroatoms. The van der Waals surface area contributed by atoms with Gasteiger partial charge in [-0.25, -0.2) is 0 Å². The van der Waals surface area contributed by atoms with E-state index in [1.165, 1.54) is 18.6 Å². The van der Waals surface area contributed by atoms with Gasteiger partial charge in [0.1, 0.15) is 5.54 Å². The van der Waals surface area contributed by atoms with E-state index in [0.29, 0.717) is 23.6 Å². The molecule has 1 aliphatic rings. The monoisotopic (exact) mass is 285 g/mol. The van der Waals surface area contributed by atoms with Crippen molar-refractivity contribution < 1.29 is 9.26 Å². The first-order valence-electron chi connectivity index (χ1n) is 6.85. The molecule has 2 unspecified atom stereocenters. The fourth-order valence-electron chi connectivity index (χ4n) is 1.94. The first kappa shape index (κ1) is 14.8. The average molecular weight is 285 g/mol. The Balaban J connectivity index is 2.02. The topological polar surface area (TPSA) is 74.2 Å². The molecule has 2 N–H and O–H groups in total. The first-order valence-corrected chi connectivity index (χ1v) is 7.90. The highest BCUT2D eigenvalue weighted by Crippen LogP contribution is 2.37. The molecule has 108 valence electrons. The summed E-state index contributed by atoms with van der Waals surface area (Å²) in [7, 11) is 0. The van der Waals surface area contributed by atoms with E-state index < -0.39 is 5.54 Å². The lowest BCUT2D eigenvalue weighted by Crippen LogP contribution is -2.40. The predicted octanol–water partition coefficient (Wildman–Crippen LogP) is 2.63. The summed E-state index contributed by atoms with van der Waals surface area (Å²) in [5.74, 6) is 2.41. The summed E-state index contributed by atoms with van der Waals surface area (Å²) in [6.07, 6.45) is 3.75. The number of rotatable bonds is 5. The molecule has 0 amide bonds.